The maximum absolute atomic E-state index is 13.0. The van der Waals surface area contributed by atoms with Crippen molar-refractivity contribution in [2.45, 2.75) is 39.5 Å². The number of aromatic nitrogens is 1. The minimum atomic E-state index is -0.348. The lowest BCUT2D eigenvalue weighted by Crippen LogP contribution is -2.42. The molecule has 1 aromatic heterocycles. The van der Waals surface area contributed by atoms with Crippen LogP contribution < -0.4 is 15.6 Å². The third-order valence-corrected chi connectivity index (χ3v) is 5.84. The Morgan fingerprint density at radius 1 is 1.29 bits per heavy atom. The van der Waals surface area contributed by atoms with E-state index >= 15 is 0 Å². The van der Waals surface area contributed by atoms with Crippen molar-refractivity contribution >= 4 is 29.1 Å². The van der Waals surface area contributed by atoms with E-state index in [0.717, 1.165) is 18.5 Å². The van der Waals surface area contributed by atoms with E-state index in [9.17, 15) is 14.4 Å². The number of aryl methyl sites for hydroxylation is 2. The summed E-state index contributed by atoms with van der Waals surface area (Å²) >= 11 is 6.01. The van der Waals surface area contributed by atoms with Gasteiger partial charge in [0.15, 0.2) is 0 Å². The van der Waals surface area contributed by atoms with Gasteiger partial charge in [0.1, 0.15) is 11.3 Å². The molecular weight excluding hydrogens is 418 g/mol. The van der Waals surface area contributed by atoms with E-state index in [4.69, 9.17) is 16.3 Å². The molecule has 2 aromatic rings. The lowest BCUT2D eigenvalue weighted by molar-refractivity contribution is -0.116. The zero-order chi connectivity index (χ0) is 22.5. The third-order valence-electron chi connectivity index (χ3n) is 5.60. The van der Waals surface area contributed by atoms with Crippen LogP contribution in [0.25, 0.3) is 0 Å². The van der Waals surface area contributed by atoms with Crippen LogP contribution >= 0.6 is 11.6 Å². The second-order valence-electron chi connectivity index (χ2n) is 8.03. The highest BCUT2D eigenvalue weighted by Gasteiger charge is 2.27. The van der Waals surface area contributed by atoms with Gasteiger partial charge in [0.05, 0.1) is 12.8 Å². The van der Waals surface area contributed by atoms with Crippen LogP contribution in [-0.2, 0) is 4.79 Å². The number of aromatic amines is 1. The number of methoxy groups -OCH3 is 1. The maximum atomic E-state index is 13.0. The van der Waals surface area contributed by atoms with Crippen molar-refractivity contribution in [1.82, 2.24) is 9.88 Å². The first-order valence-corrected chi connectivity index (χ1v) is 10.8. The van der Waals surface area contributed by atoms with Gasteiger partial charge >= 0.3 is 0 Å². The Morgan fingerprint density at radius 2 is 2.06 bits per heavy atom. The fourth-order valence-electron chi connectivity index (χ4n) is 4.09. The van der Waals surface area contributed by atoms with Crippen molar-refractivity contribution < 1.29 is 14.3 Å². The standard InChI is InChI=1S/C23H28ClN3O4/c1-14-11-15(2)25-22(29)21(14)23(30)27-10-4-5-16(13-27)6-9-20(28)26-18-12-17(24)7-8-19(18)31-3/h7-8,11-12,16H,4-6,9-10,13H2,1-3H3,(H,25,29)(H,26,28). The quantitative estimate of drug-likeness (QED) is 0.704. The van der Waals surface area contributed by atoms with Crippen LogP contribution in [-0.4, -0.2) is 41.9 Å². The molecule has 1 saturated heterocycles. The molecule has 1 atom stereocenters. The van der Waals surface area contributed by atoms with Gasteiger partial charge in [0, 0.05) is 30.2 Å². The van der Waals surface area contributed by atoms with E-state index < -0.39 is 0 Å². The van der Waals surface area contributed by atoms with Crippen LogP contribution in [0.15, 0.2) is 29.1 Å². The fourth-order valence-corrected chi connectivity index (χ4v) is 4.26. The van der Waals surface area contributed by atoms with Crippen molar-refractivity contribution in [2.75, 3.05) is 25.5 Å². The molecule has 1 unspecified atom stereocenters. The Kier molecular flexibility index (Phi) is 7.38. The van der Waals surface area contributed by atoms with E-state index in [-0.39, 0.29) is 28.9 Å². The SMILES string of the molecule is COc1ccc(Cl)cc1NC(=O)CCC1CCCN(C(=O)c2c(C)cc(C)[nH]c2=O)C1. The summed E-state index contributed by atoms with van der Waals surface area (Å²) in [5.74, 6) is 0.381. The summed E-state index contributed by atoms with van der Waals surface area (Å²) in [6.07, 6.45) is 2.78. The predicted octanol–water partition coefficient (Wildman–Crippen LogP) is 3.92. The molecular formula is C23H28ClN3O4. The van der Waals surface area contributed by atoms with Crippen LogP contribution in [0.2, 0.25) is 5.02 Å². The van der Waals surface area contributed by atoms with Crippen molar-refractivity contribution in [1.29, 1.82) is 0 Å². The number of nitrogens with one attached hydrogen (secondary N) is 2. The van der Waals surface area contributed by atoms with Gasteiger partial charge in [-0.1, -0.05) is 11.6 Å². The Balaban J connectivity index is 1.59. The molecule has 1 aliphatic heterocycles. The number of benzene rings is 1. The molecule has 31 heavy (non-hydrogen) atoms. The number of hydrogen-bond donors (Lipinski definition) is 2. The van der Waals surface area contributed by atoms with Crippen LogP contribution in [0.1, 0.15) is 47.3 Å². The lowest BCUT2D eigenvalue weighted by atomic mass is 9.92. The van der Waals surface area contributed by atoms with Gasteiger partial charge < -0.3 is 19.9 Å². The van der Waals surface area contributed by atoms with Crippen molar-refractivity contribution in [3.63, 3.8) is 0 Å². The first kappa shape index (κ1) is 22.9. The number of nitrogens with zero attached hydrogens (tertiary/aromatic N) is 1. The summed E-state index contributed by atoms with van der Waals surface area (Å²) in [4.78, 5) is 42.2. The topological polar surface area (TPSA) is 91.5 Å². The molecule has 0 spiro atoms. The molecule has 2 amide bonds. The highest BCUT2D eigenvalue weighted by Crippen LogP contribution is 2.28. The first-order chi connectivity index (χ1) is 14.8. The zero-order valence-corrected chi connectivity index (χ0v) is 18.8. The van der Waals surface area contributed by atoms with E-state index in [1.807, 2.05) is 6.07 Å². The Morgan fingerprint density at radius 3 is 2.77 bits per heavy atom. The van der Waals surface area contributed by atoms with Crippen LogP contribution in [0, 0.1) is 19.8 Å². The second-order valence-corrected chi connectivity index (χ2v) is 8.47. The van der Waals surface area contributed by atoms with Crippen LogP contribution in [0.3, 0.4) is 0 Å². The van der Waals surface area contributed by atoms with Crippen molar-refractivity contribution in [3.05, 3.63) is 56.5 Å². The van der Waals surface area contributed by atoms with E-state index in [1.165, 1.54) is 7.11 Å². The van der Waals surface area contributed by atoms with E-state index in [2.05, 4.69) is 10.3 Å². The molecule has 166 valence electrons. The summed E-state index contributed by atoms with van der Waals surface area (Å²) in [5.41, 5.74) is 1.81. The van der Waals surface area contributed by atoms with E-state index in [1.54, 1.807) is 36.9 Å². The summed E-state index contributed by atoms with van der Waals surface area (Å²) < 4.78 is 5.26. The average molecular weight is 446 g/mol. The van der Waals surface area contributed by atoms with Gasteiger partial charge in [0.2, 0.25) is 5.91 Å². The normalized spacial score (nSPS) is 16.1. The number of H-pyrrole nitrogens is 1. The minimum Gasteiger partial charge on any atom is -0.495 e. The molecule has 0 aliphatic carbocycles. The zero-order valence-electron chi connectivity index (χ0n) is 18.1. The first-order valence-electron chi connectivity index (χ1n) is 10.4. The Bertz CT molecular complexity index is 1030. The summed E-state index contributed by atoms with van der Waals surface area (Å²) in [5, 5.41) is 3.36. The Hall–Kier alpha value is -2.80. The summed E-state index contributed by atoms with van der Waals surface area (Å²) in [7, 11) is 1.54. The number of anilines is 1. The highest BCUT2D eigenvalue weighted by atomic mass is 35.5. The van der Waals surface area contributed by atoms with E-state index in [0.29, 0.717) is 48.0 Å². The highest BCUT2D eigenvalue weighted by molar-refractivity contribution is 6.31. The largest absolute Gasteiger partial charge is 0.495 e. The summed E-state index contributed by atoms with van der Waals surface area (Å²) in [6, 6.07) is 6.87. The summed E-state index contributed by atoms with van der Waals surface area (Å²) in [6.45, 7) is 4.74. The number of rotatable bonds is 6. The molecule has 1 aliphatic rings. The number of carbonyl (C=O) groups is 2. The molecule has 8 heteroatoms. The van der Waals surface area contributed by atoms with Gasteiger partial charge in [-0.25, -0.2) is 0 Å². The second kappa shape index (κ2) is 10.0. The number of pyridine rings is 1. The number of likely N-dealkylation sites (tertiary alicyclic amines) is 1. The van der Waals surface area contributed by atoms with Crippen molar-refractivity contribution in [2.24, 2.45) is 5.92 Å². The molecule has 7 nitrogen and oxygen atoms in total. The lowest BCUT2D eigenvalue weighted by Gasteiger charge is -2.33. The average Bonchev–Trinajstić information content (AvgIpc) is 2.72. The van der Waals surface area contributed by atoms with Gasteiger partial charge in [-0.3, -0.25) is 14.4 Å². The molecule has 0 saturated carbocycles. The van der Waals surface area contributed by atoms with Gasteiger partial charge in [-0.05, 0) is 68.9 Å². The number of halogens is 1. The third kappa shape index (κ3) is 5.67. The molecule has 1 aromatic carbocycles. The molecule has 2 N–H and O–H groups in total. The predicted molar refractivity (Wildman–Crippen MR) is 121 cm³/mol. The van der Waals surface area contributed by atoms with Crippen LogP contribution in [0.5, 0.6) is 5.75 Å². The molecule has 0 bridgehead atoms. The Labute approximate surface area is 186 Å². The number of amides is 2. The molecule has 2 heterocycles. The monoisotopic (exact) mass is 445 g/mol. The molecule has 3 rings (SSSR count). The number of hydrogen-bond acceptors (Lipinski definition) is 4. The van der Waals surface area contributed by atoms with Gasteiger partial charge in [-0.15, -0.1) is 0 Å². The number of piperidine rings is 1. The fraction of sp³-hybridized carbons (Fsp3) is 0.435. The van der Waals surface area contributed by atoms with Crippen LogP contribution in [0.4, 0.5) is 5.69 Å². The molecule has 0 radical (unpaired) electrons. The number of carbonyl (C=O) groups excluding carboxylic acids is 2. The smallest absolute Gasteiger partial charge is 0.261 e. The molecule has 1 fully saturated rings. The maximum Gasteiger partial charge on any atom is 0.261 e. The van der Waals surface area contributed by atoms with Gasteiger partial charge in [-0.2, -0.15) is 0 Å². The minimum absolute atomic E-state index is 0.130. The van der Waals surface area contributed by atoms with Gasteiger partial charge in [0.25, 0.3) is 11.5 Å². The number of ether oxygens (including phenoxy) is 1. The van der Waals surface area contributed by atoms with Crippen molar-refractivity contribution in [3.8, 4) is 5.75 Å².